The molecule has 1 aliphatic rings. The van der Waals surface area contributed by atoms with Crippen LogP contribution in [0, 0.1) is 11.8 Å². The van der Waals surface area contributed by atoms with Gasteiger partial charge in [-0.2, -0.15) is 21.6 Å². The first kappa shape index (κ1) is 14.6. The molecule has 0 unspecified atom stereocenters. The van der Waals surface area contributed by atoms with Gasteiger partial charge in [-0.25, -0.2) is 0 Å². The van der Waals surface area contributed by atoms with E-state index in [1.54, 1.807) is 0 Å². The Morgan fingerprint density at radius 3 is 2.67 bits per heavy atom. The van der Waals surface area contributed by atoms with Crippen molar-refractivity contribution < 1.29 is 25.8 Å². The minimum atomic E-state index is -5.58. The third kappa shape index (κ3) is 4.45. The normalized spacial score (nSPS) is 17.4. The van der Waals surface area contributed by atoms with E-state index in [2.05, 4.69) is 16.0 Å². The van der Waals surface area contributed by atoms with Gasteiger partial charge in [-0.1, -0.05) is 17.9 Å². The van der Waals surface area contributed by atoms with Crippen molar-refractivity contribution in [2.75, 3.05) is 0 Å². The van der Waals surface area contributed by atoms with Crippen molar-refractivity contribution in [3.63, 3.8) is 0 Å². The molecule has 18 heavy (non-hydrogen) atoms. The number of hydrogen-bond acceptors (Lipinski definition) is 3. The van der Waals surface area contributed by atoms with Gasteiger partial charge in [-0.05, 0) is 25.0 Å². The highest BCUT2D eigenvalue weighted by Crippen LogP contribution is 2.28. The highest BCUT2D eigenvalue weighted by Gasteiger charge is 2.48. The largest absolute Gasteiger partial charge is 0.534 e. The average Bonchev–Trinajstić information content (AvgIpc) is 2.25. The van der Waals surface area contributed by atoms with Crippen LogP contribution in [0.4, 0.5) is 13.2 Å². The summed E-state index contributed by atoms with van der Waals surface area (Å²) in [5.41, 5.74) is -5.41. The second-order valence-corrected chi connectivity index (χ2v) is 5.04. The van der Waals surface area contributed by atoms with E-state index in [1.165, 1.54) is 18.2 Å². The highest BCUT2D eigenvalue weighted by atomic mass is 32.2. The lowest BCUT2D eigenvalue weighted by Gasteiger charge is -2.12. The van der Waals surface area contributed by atoms with Crippen LogP contribution in [-0.4, -0.2) is 13.9 Å². The molecule has 0 saturated carbocycles. The molecular weight excluding hydrogens is 269 g/mol. The van der Waals surface area contributed by atoms with E-state index in [4.69, 9.17) is 0 Å². The van der Waals surface area contributed by atoms with Crippen LogP contribution in [0.3, 0.4) is 0 Å². The van der Waals surface area contributed by atoms with E-state index in [9.17, 15) is 21.6 Å². The maximum atomic E-state index is 12.1. The van der Waals surface area contributed by atoms with Gasteiger partial charge in [-0.15, -0.1) is 0 Å². The summed E-state index contributed by atoms with van der Waals surface area (Å²) >= 11 is 0. The van der Waals surface area contributed by atoms with Gasteiger partial charge in [0.15, 0.2) is 0 Å². The molecule has 0 aromatic rings. The standard InChI is InChI=1S/C11H11F3O3S/c12-11(13,14)18(15,16)17-10-8-6-4-2-1-3-5-7-9-10/h5,7,9H,2,4,6,8H2. The molecule has 0 bridgehead atoms. The predicted molar refractivity (Wildman–Crippen MR) is 59.5 cm³/mol. The van der Waals surface area contributed by atoms with Crippen LogP contribution >= 0.6 is 0 Å². The smallest absolute Gasteiger partial charge is 0.381 e. The first-order valence-corrected chi connectivity index (χ1v) is 6.58. The van der Waals surface area contributed by atoms with Crippen LogP contribution in [0.25, 0.3) is 0 Å². The van der Waals surface area contributed by atoms with Crippen LogP contribution in [0.5, 0.6) is 0 Å². The van der Waals surface area contributed by atoms with Crippen molar-refractivity contribution in [3.05, 3.63) is 24.0 Å². The summed E-state index contributed by atoms with van der Waals surface area (Å²) in [6, 6.07) is 0. The average molecular weight is 280 g/mol. The van der Waals surface area contributed by atoms with E-state index in [0.29, 0.717) is 19.3 Å². The van der Waals surface area contributed by atoms with Crippen molar-refractivity contribution in [2.45, 2.75) is 31.2 Å². The molecule has 0 amide bonds. The van der Waals surface area contributed by atoms with Crippen molar-refractivity contribution in [1.82, 2.24) is 0 Å². The van der Waals surface area contributed by atoms with E-state index in [-0.39, 0.29) is 12.2 Å². The summed E-state index contributed by atoms with van der Waals surface area (Å²) in [7, 11) is -5.58. The molecule has 0 heterocycles. The molecule has 7 heteroatoms. The van der Waals surface area contributed by atoms with Crippen molar-refractivity contribution in [3.8, 4) is 11.8 Å². The molecule has 0 aliphatic heterocycles. The number of rotatable bonds is 2. The van der Waals surface area contributed by atoms with Gasteiger partial charge < -0.3 is 4.18 Å². The van der Waals surface area contributed by atoms with Gasteiger partial charge in [0.1, 0.15) is 5.76 Å². The molecule has 0 aromatic heterocycles. The Kier molecular flexibility index (Phi) is 4.84. The van der Waals surface area contributed by atoms with Gasteiger partial charge in [0.25, 0.3) is 0 Å². The Bertz CT molecular complexity index is 504. The molecule has 1 aliphatic carbocycles. The first-order valence-electron chi connectivity index (χ1n) is 5.18. The molecule has 0 atom stereocenters. The Labute approximate surface area is 103 Å². The van der Waals surface area contributed by atoms with E-state index < -0.39 is 15.6 Å². The van der Waals surface area contributed by atoms with E-state index in [0.717, 1.165) is 0 Å². The molecule has 0 spiro atoms. The molecule has 3 nitrogen and oxygen atoms in total. The molecule has 0 radical (unpaired) electrons. The zero-order valence-electron chi connectivity index (χ0n) is 9.33. The lowest BCUT2D eigenvalue weighted by molar-refractivity contribution is -0.0523. The van der Waals surface area contributed by atoms with Gasteiger partial charge >= 0.3 is 15.6 Å². The molecule has 0 N–H and O–H groups in total. The predicted octanol–water partition coefficient (Wildman–Crippen LogP) is 2.87. The molecular formula is C11H11F3O3S. The summed E-state index contributed by atoms with van der Waals surface area (Å²) < 4.78 is 62.2. The van der Waals surface area contributed by atoms with Crippen molar-refractivity contribution in [2.24, 2.45) is 0 Å². The Morgan fingerprint density at radius 2 is 2.00 bits per heavy atom. The number of allylic oxidation sites excluding steroid dienone is 4. The minimum Gasteiger partial charge on any atom is -0.381 e. The van der Waals surface area contributed by atoms with Gasteiger partial charge in [-0.3, -0.25) is 0 Å². The van der Waals surface area contributed by atoms with Crippen LogP contribution in [-0.2, 0) is 14.3 Å². The summed E-state index contributed by atoms with van der Waals surface area (Å²) in [5.74, 6) is 5.27. The van der Waals surface area contributed by atoms with Gasteiger partial charge in [0.05, 0.1) is 0 Å². The fourth-order valence-corrected chi connectivity index (χ4v) is 1.70. The molecule has 1 rings (SSSR count). The van der Waals surface area contributed by atoms with Crippen LogP contribution < -0.4 is 0 Å². The van der Waals surface area contributed by atoms with Crippen molar-refractivity contribution in [1.29, 1.82) is 0 Å². The van der Waals surface area contributed by atoms with E-state index >= 15 is 0 Å². The lowest BCUT2D eigenvalue weighted by Crippen LogP contribution is -2.25. The van der Waals surface area contributed by atoms with Gasteiger partial charge in [0.2, 0.25) is 0 Å². The zero-order chi connectivity index (χ0) is 13.6. The zero-order valence-corrected chi connectivity index (χ0v) is 10.1. The van der Waals surface area contributed by atoms with Crippen LogP contribution in [0.1, 0.15) is 25.7 Å². The fourth-order valence-electron chi connectivity index (χ4n) is 1.19. The molecule has 100 valence electrons. The number of halogens is 3. The minimum absolute atomic E-state index is 0.126. The fraction of sp³-hybridized carbons (Fsp3) is 0.455. The Morgan fingerprint density at radius 1 is 1.28 bits per heavy atom. The first-order chi connectivity index (χ1) is 8.33. The maximum absolute atomic E-state index is 12.1. The molecule has 0 aromatic carbocycles. The monoisotopic (exact) mass is 280 g/mol. The lowest BCUT2D eigenvalue weighted by atomic mass is 10.1. The summed E-state index contributed by atoms with van der Waals surface area (Å²) in [4.78, 5) is 0. The SMILES string of the molecule is O=S(=O)(OC1=CC=CC#CCCCC1)C(F)(F)F. The number of hydrogen-bond donors (Lipinski definition) is 0. The van der Waals surface area contributed by atoms with Crippen LogP contribution in [0.15, 0.2) is 24.0 Å². The highest BCUT2D eigenvalue weighted by molar-refractivity contribution is 7.87. The Hall–Kier alpha value is -1.42. The summed E-state index contributed by atoms with van der Waals surface area (Å²) in [5, 5.41) is 0. The van der Waals surface area contributed by atoms with Crippen LogP contribution in [0.2, 0.25) is 0 Å². The number of alkyl halides is 3. The van der Waals surface area contributed by atoms with Gasteiger partial charge in [0, 0.05) is 12.8 Å². The summed E-state index contributed by atoms with van der Waals surface area (Å²) in [6.07, 6.45) is 5.90. The quantitative estimate of drug-likeness (QED) is 0.444. The van der Waals surface area contributed by atoms with Crippen molar-refractivity contribution >= 4 is 10.1 Å². The molecule has 0 fully saturated rings. The van der Waals surface area contributed by atoms with E-state index in [1.807, 2.05) is 0 Å². The third-order valence-corrected chi connectivity index (χ3v) is 3.04. The topological polar surface area (TPSA) is 43.4 Å². The maximum Gasteiger partial charge on any atom is 0.534 e. The third-order valence-electron chi connectivity index (χ3n) is 2.04. The second kappa shape index (κ2) is 5.96. The Balaban J connectivity index is 2.85. The summed E-state index contributed by atoms with van der Waals surface area (Å²) in [6.45, 7) is 0. The second-order valence-electron chi connectivity index (χ2n) is 3.50. The molecule has 0 saturated heterocycles.